The summed E-state index contributed by atoms with van der Waals surface area (Å²) in [5.74, 6) is 0.323. The van der Waals surface area contributed by atoms with Crippen LogP contribution in [0.3, 0.4) is 0 Å². The molecule has 16 heavy (non-hydrogen) atoms. The van der Waals surface area contributed by atoms with Crippen molar-refractivity contribution >= 4 is 23.2 Å². The molecule has 0 N–H and O–H groups in total. The van der Waals surface area contributed by atoms with Gasteiger partial charge in [-0.05, 0) is 19.1 Å². The summed E-state index contributed by atoms with van der Waals surface area (Å²) in [4.78, 5) is 9.11. The molecule has 0 bridgehead atoms. The minimum absolute atomic E-state index is 0.114. The third-order valence-corrected chi connectivity index (χ3v) is 2.44. The van der Waals surface area contributed by atoms with E-state index >= 15 is 0 Å². The Kier molecular flexibility index (Phi) is 3.02. The normalized spacial score (nSPS) is 11.1. The van der Waals surface area contributed by atoms with Crippen LogP contribution >= 0.6 is 23.2 Å². The second kappa shape index (κ2) is 4.31. The van der Waals surface area contributed by atoms with Crippen LogP contribution in [0.4, 0.5) is 0 Å². The number of halogens is 2. The molecule has 2 aromatic heterocycles. The van der Waals surface area contributed by atoms with E-state index in [4.69, 9.17) is 23.2 Å². The molecule has 2 aromatic rings. The highest BCUT2D eigenvalue weighted by Crippen LogP contribution is 2.28. The Balaban J connectivity index is 2.50. The van der Waals surface area contributed by atoms with E-state index < -0.39 is 0 Å². The van der Waals surface area contributed by atoms with Crippen LogP contribution in [0.15, 0.2) is 6.33 Å². The van der Waals surface area contributed by atoms with Crippen LogP contribution in [0.1, 0.15) is 19.9 Å². The number of nitrogens with zero attached hydrogens (tertiary/aromatic N) is 6. The van der Waals surface area contributed by atoms with Gasteiger partial charge in [0, 0.05) is 0 Å². The molecule has 0 aromatic carbocycles. The van der Waals surface area contributed by atoms with Crippen molar-refractivity contribution in [1.29, 1.82) is 0 Å². The molecule has 2 rings (SSSR count). The van der Waals surface area contributed by atoms with E-state index in [0.717, 1.165) is 0 Å². The van der Waals surface area contributed by atoms with Crippen LogP contribution in [0.5, 0.6) is 0 Å². The van der Waals surface area contributed by atoms with Crippen LogP contribution < -0.4 is 0 Å². The van der Waals surface area contributed by atoms with E-state index in [1.54, 1.807) is 0 Å². The van der Waals surface area contributed by atoms with Gasteiger partial charge in [-0.25, -0.2) is 9.97 Å². The summed E-state index contributed by atoms with van der Waals surface area (Å²) < 4.78 is 0. The molecule has 0 radical (unpaired) electrons. The molecule has 6 nitrogen and oxygen atoms in total. The Morgan fingerprint density at radius 2 is 1.81 bits per heavy atom. The largest absolute Gasteiger partial charge is 0.224 e. The fourth-order valence-electron chi connectivity index (χ4n) is 1.07. The molecule has 0 spiro atoms. The molecule has 0 saturated heterocycles. The maximum atomic E-state index is 5.90. The van der Waals surface area contributed by atoms with E-state index in [1.165, 1.54) is 11.1 Å². The minimum Gasteiger partial charge on any atom is -0.224 e. The highest BCUT2D eigenvalue weighted by atomic mass is 35.5. The van der Waals surface area contributed by atoms with Crippen LogP contribution in [0.2, 0.25) is 10.3 Å². The van der Waals surface area contributed by atoms with Gasteiger partial charge in [0.05, 0.1) is 11.6 Å². The van der Waals surface area contributed by atoms with E-state index in [2.05, 4.69) is 25.4 Å². The Bertz CT molecular complexity index is 489. The van der Waals surface area contributed by atoms with Crippen molar-refractivity contribution < 1.29 is 0 Å². The van der Waals surface area contributed by atoms with Gasteiger partial charge in [0.15, 0.2) is 0 Å². The first-order valence-corrected chi connectivity index (χ1v) is 5.31. The molecule has 0 unspecified atom stereocenters. The van der Waals surface area contributed by atoms with Gasteiger partial charge in [-0.15, -0.1) is 10.2 Å². The van der Waals surface area contributed by atoms with E-state index in [0.29, 0.717) is 11.4 Å². The summed E-state index contributed by atoms with van der Waals surface area (Å²) in [6.07, 6.45) is 1.28. The molecular formula is C8H8Cl2N6. The molecule has 0 atom stereocenters. The van der Waals surface area contributed by atoms with Crippen molar-refractivity contribution in [2.24, 2.45) is 0 Å². The third-order valence-electron chi connectivity index (χ3n) is 1.87. The third kappa shape index (κ3) is 1.98. The average Bonchev–Trinajstić information content (AvgIpc) is 2.66. The fraction of sp³-hybridized carbons (Fsp3) is 0.375. The first-order valence-electron chi connectivity index (χ1n) is 4.55. The standard InChI is InChI=1S/C8H8Cl2N6/c1-4(2)16-14-8(13-15-16)5-6(9)11-3-12-7(5)10/h3-4H,1-2H3. The smallest absolute Gasteiger partial charge is 0.211 e. The molecule has 0 aliphatic carbocycles. The lowest BCUT2D eigenvalue weighted by molar-refractivity contribution is 0.455. The first kappa shape index (κ1) is 11.2. The predicted molar refractivity (Wildman–Crippen MR) is 59.2 cm³/mol. The second-order valence-electron chi connectivity index (χ2n) is 3.36. The van der Waals surface area contributed by atoms with Crippen molar-refractivity contribution in [3.8, 4) is 11.4 Å². The average molecular weight is 259 g/mol. The molecule has 2 heterocycles. The van der Waals surface area contributed by atoms with Gasteiger partial charge in [-0.3, -0.25) is 0 Å². The molecular weight excluding hydrogens is 251 g/mol. The van der Waals surface area contributed by atoms with Gasteiger partial charge >= 0.3 is 0 Å². The molecule has 0 amide bonds. The van der Waals surface area contributed by atoms with Gasteiger partial charge in [-0.2, -0.15) is 4.80 Å². The summed E-state index contributed by atoms with van der Waals surface area (Å²) >= 11 is 11.8. The maximum absolute atomic E-state index is 5.90. The van der Waals surface area contributed by atoms with Gasteiger partial charge in [0.1, 0.15) is 16.6 Å². The van der Waals surface area contributed by atoms with Gasteiger partial charge in [0.2, 0.25) is 5.82 Å². The number of rotatable bonds is 2. The molecule has 0 aliphatic rings. The van der Waals surface area contributed by atoms with Crippen LogP contribution in [0, 0.1) is 0 Å². The quantitative estimate of drug-likeness (QED) is 0.771. The zero-order valence-electron chi connectivity index (χ0n) is 8.59. The van der Waals surface area contributed by atoms with Gasteiger partial charge in [-0.1, -0.05) is 23.2 Å². The molecule has 0 saturated carbocycles. The monoisotopic (exact) mass is 258 g/mol. The van der Waals surface area contributed by atoms with Crippen LogP contribution in [-0.4, -0.2) is 30.2 Å². The van der Waals surface area contributed by atoms with Crippen molar-refractivity contribution in [2.45, 2.75) is 19.9 Å². The summed E-state index contributed by atoms with van der Waals surface area (Å²) in [6, 6.07) is 0.114. The molecule has 8 heteroatoms. The lowest BCUT2D eigenvalue weighted by Gasteiger charge is -2.00. The van der Waals surface area contributed by atoms with Crippen molar-refractivity contribution in [2.75, 3.05) is 0 Å². The summed E-state index contributed by atoms with van der Waals surface area (Å²) in [5, 5.41) is 12.3. The van der Waals surface area contributed by atoms with Gasteiger partial charge < -0.3 is 0 Å². The first-order chi connectivity index (χ1) is 7.59. The number of hydrogen-bond acceptors (Lipinski definition) is 5. The van der Waals surface area contributed by atoms with Gasteiger partial charge in [0.25, 0.3) is 0 Å². The number of hydrogen-bond donors (Lipinski definition) is 0. The lowest BCUT2D eigenvalue weighted by atomic mass is 10.3. The van der Waals surface area contributed by atoms with E-state index in [1.807, 2.05) is 13.8 Å². The SMILES string of the molecule is CC(C)n1nnc(-c2c(Cl)ncnc2Cl)n1. The predicted octanol–water partition coefficient (Wildman–Crippen LogP) is 2.02. The number of aromatic nitrogens is 6. The highest BCUT2D eigenvalue weighted by Gasteiger charge is 2.16. The molecule has 0 aliphatic heterocycles. The van der Waals surface area contributed by atoms with Crippen molar-refractivity contribution in [1.82, 2.24) is 30.2 Å². The maximum Gasteiger partial charge on any atom is 0.211 e. The summed E-state index contributed by atoms with van der Waals surface area (Å²) in [6.45, 7) is 3.88. The Morgan fingerprint density at radius 1 is 1.19 bits per heavy atom. The fourth-order valence-corrected chi connectivity index (χ4v) is 1.56. The summed E-state index contributed by atoms with van der Waals surface area (Å²) in [7, 11) is 0. The molecule has 0 fully saturated rings. The highest BCUT2D eigenvalue weighted by molar-refractivity contribution is 6.37. The Labute approximate surface area is 102 Å². The Hall–Kier alpha value is -1.27. The van der Waals surface area contributed by atoms with E-state index in [9.17, 15) is 0 Å². The molecule has 84 valence electrons. The van der Waals surface area contributed by atoms with Crippen LogP contribution in [0.25, 0.3) is 11.4 Å². The van der Waals surface area contributed by atoms with E-state index in [-0.39, 0.29) is 16.3 Å². The minimum atomic E-state index is 0.114. The van der Waals surface area contributed by atoms with Crippen molar-refractivity contribution in [3.05, 3.63) is 16.6 Å². The Morgan fingerprint density at radius 3 is 2.31 bits per heavy atom. The summed E-state index contributed by atoms with van der Waals surface area (Å²) in [5.41, 5.74) is 0.401. The van der Waals surface area contributed by atoms with Crippen molar-refractivity contribution in [3.63, 3.8) is 0 Å². The lowest BCUT2D eigenvalue weighted by Crippen LogP contribution is -2.04. The second-order valence-corrected chi connectivity index (χ2v) is 4.07. The van der Waals surface area contributed by atoms with Crippen LogP contribution in [-0.2, 0) is 0 Å². The zero-order chi connectivity index (χ0) is 11.7. The zero-order valence-corrected chi connectivity index (χ0v) is 10.1. The number of tetrazole rings is 1. The topological polar surface area (TPSA) is 69.4 Å².